The van der Waals surface area contributed by atoms with Gasteiger partial charge in [0, 0.05) is 0 Å². The molecular weight excluding hydrogens is 162 g/mol. The first-order chi connectivity index (χ1) is 6.18. The Morgan fingerprint density at radius 3 is 2.92 bits per heavy atom. The lowest BCUT2D eigenvalue weighted by Crippen LogP contribution is -2.25. The lowest BCUT2D eigenvalue weighted by Gasteiger charge is -2.28. The third kappa shape index (κ3) is 1.47. The maximum absolute atomic E-state index is 5.95. The molecule has 2 N–H and O–H groups in total. The Balaban J connectivity index is 2.50. The summed E-state index contributed by atoms with van der Waals surface area (Å²) in [6.45, 7) is 4.80. The summed E-state index contributed by atoms with van der Waals surface area (Å²) in [6.07, 6.45) is 0.190. The van der Waals surface area contributed by atoms with Crippen LogP contribution in [0.4, 0.5) is 0 Å². The molecule has 2 rings (SSSR count). The number of nitrogens with two attached hydrogens (primary N) is 1. The molecule has 13 heavy (non-hydrogen) atoms. The fourth-order valence-corrected chi connectivity index (χ4v) is 1.81. The van der Waals surface area contributed by atoms with Gasteiger partial charge >= 0.3 is 0 Å². The molecule has 0 radical (unpaired) electrons. The van der Waals surface area contributed by atoms with Crippen molar-refractivity contribution in [3.63, 3.8) is 0 Å². The standard InChI is InChI=1S/C11H15NO/c1-7-3-4-9-8(2)13-6-11(12)10(9)5-7/h3-5,8,11H,6,12H2,1-2H3/t8-,11+/m1/s1. The van der Waals surface area contributed by atoms with E-state index in [1.54, 1.807) is 0 Å². The van der Waals surface area contributed by atoms with E-state index in [1.165, 1.54) is 16.7 Å². The van der Waals surface area contributed by atoms with Gasteiger partial charge in [-0.3, -0.25) is 0 Å². The van der Waals surface area contributed by atoms with Gasteiger partial charge in [-0.25, -0.2) is 0 Å². The topological polar surface area (TPSA) is 35.2 Å². The number of ether oxygens (including phenoxy) is 1. The van der Waals surface area contributed by atoms with Gasteiger partial charge in [0.05, 0.1) is 18.8 Å². The van der Waals surface area contributed by atoms with Crippen LogP contribution in [0.1, 0.15) is 35.8 Å². The van der Waals surface area contributed by atoms with E-state index in [0.29, 0.717) is 6.61 Å². The molecule has 0 aromatic heterocycles. The second kappa shape index (κ2) is 3.13. The van der Waals surface area contributed by atoms with Crippen molar-refractivity contribution < 1.29 is 4.74 Å². The normalized spacial score (nSPS) is 27.0. The van der Waals surface area contributed by atoms with Crippen molar-refractivity contribution in [2.75, 3.05) is 6.61 Å². The molecule has 0 saturated heterocycles. The summed E-state index contributed by atoms with van der Waals surface area (Å²) in [4.78, 5) is 0. The average Bonchev–Trinajstić information content (AvgIpc) is 2.12. The molecule has 1 aromatic carbocycles. The van der Waals surface area contributed by atoms with Crippen molar-refractivity contribution in [1.29, 1.82) is 0 Å². The highest BCUT2D eigenvalue weighted by Gasteiger charge is 2.22. The Morgan fingerprint density at radius 1 is 1.38 bits per heavy atom. The van der Waals surface area contributed by atoms with Crippen LogP contribution in [0.3, 0.4) is 0 Å². The van der Waals surface area contributed by atoms with Gasteiger partial charge < -0.3 is 10.5 Å². The first kappa shape index (κ1) is 8.73. The highest BCUT2D eigenvalue weighted by atomic mass is 16.5. The number of hydrogen-bond acceptors (Lipinski definition) is 2. The van der Waals surface area contributed by atoms with Crippen molar-refractivity contribution >= 4 is 0 Å². The second-order valence-electron chi connectivity index (χ2n) is 3.71. The molecule has 2 nitrogen and oxygen atoms in total. The minimum atomic E-state index is 0.0473. The van der Waals surface area contributed by atoms with E-state index in [2.05, 4.69) is 32.0 Å². The highest BCUT2D eigenvalue weighted by molar-refractivity contribution is 5.36. The zero-order chi connectivity index (χ0) is 9.42. The monoisotopic (exact) mass is 177 g/mol. The van der Waals surface area contributed by atoms with Gasteiger partial charge in [-0.15, -0.1) is 0 Å². The van der Waals surface area contributed by atoms with Crippen LogP contribution >= 0.6 is 0 Å². The van der Waals surface area contributed by atoms with Gasteiger partial charge in [0.2, 0.25) is 0 Å². The minimum Gasteiger partial charge on any atom is -0.372 e. The number of rotatable bonds is 0. The summed E-state index contributed by atoms with van der Waals surface area (Å²) in [7, 11) is 0. The Hall–Kier alpha value is -0.860. The number of benzene rings is 1. The quantitative estimate of drug-likeness (QED) is 0.658. The maximum atomic E-state index is 5.95. The number of hydrogen-bond donors (Lipinski definition) is 1. The maximum Gasteiger partial charge on any atom is 0.0801 e. The summed E-state index contributed by atoms with van der Waals surface area (Å²) in [5.41, 5.74) is 9.71. The molecular formula is C11H15NO. The van der Waals surface area contributed by atoms with E-state index in [0.717, 1.165) is 0 Å². The van der Waals surface area contributed by atoms with E-state index >= 15 is 0 Å². The first-order valence-corrected chi connectivity index (χ1v) is 4.66. The molecule has 0 bridgehead atoms. The van der Waals surface area contributed by atoms with E-state index in [4.69, 9.17) is 10.5 Å². The van der Waals surface area contributed by atoms with Crippen molar-refractivity contribution in [3.8, 4) is 0 Å². The summed E-state index contributed by atoms with van der Waals surface area (Å²) < 4.78 is 5.53. The molecule has 0 amide bonds. The Bertz CT molecular complexity index is 322. The van der Waals surface area contributed by atoms with Gasteiger partial charge in [-0.2, -0.15) is 0 Å². The predicted molar refractivity (Wildman–Crippen MR) is 52.5 cm³/mol. The SMILES string of the molecule is Cc1ccc2c(c1)[C@@H](N)CO[C@@H]2C. The third-order valence-electron chi connectivity index (χ3n) is 2.61. The van der Waals surface area contributed by atoms with Gasteiger partial charge in [0.1, 0.15) is 0 Å². The molecule has 1 aromatic rings. The molecule has 0 saturated carbocycles. The molecule has 0 spiro atoms. The van der Waals surface area contributed by atoms with Gasteiger partial charge in [-0.1, -0.05) is 23.8 Å². The Morgan fingerprint density at radius 2 is 2.15 bits per heavy atom. The number of fused-ring (bicyclic) bond motifs is 1. The lowest BCUT2D eigenvalue weighted by atomic mass is 9.94. The molecule has 2 atom stereocenters. The first-order valence-electron chi connectivity index (χ1n) is 4.66. The summed E-state index contributed by atoms with van der Waals surface area (Å²) in [5, 5.41) is 0. The molecule has 0 fully saturated rings. The summed E-state index contributed by atoms with van der Waals surface area (Å²) >= 11 is 0. The zero-order valence-electron chi connectivity index (χ0n) is 8.08. The largest absolute Gasteiger partial charge is 0.372 e. The van der Waals surface area contributed by atoms with Gasteiger partial charge in [0.25, 0.3) is 0 Å². The van der Waals surface area contributed by atoms with Crippen molar-refractivity contribution in [2.24, 2.45) is 5.73 Å². The Kier molecular flexibility index (Phi) is 2.10. The molecule has 1 heterocycles. The van der Waals surface area contributed by atoms with Crippen LogP contribution in [0.25, 0.3) is 0 Å². The predicted octanol–water partition coefficient (Wildman–Crippen LogP) is 2.09. The zero-order valence-corrected chi connectivity index (χ0v) is 8.08. The molecule has 0 aliphatic carbocycles. The fraction of sp³-hybridized carbons (Fsp3) is 0.455. The lowest BCUT2D eigenvalue weighted by molar-refractivity contribution is 0.0407. The molecule has 0 unspecified atom stereocenters. The smallest absolute Gasteiger partial charge is 0.0801 e. The highest BCUT2D eigenvalue weighted by Crippen LogP contribution is 2.31. The van der Waals surface area contributed by atoms with Crippen LogP contribution in [-0.2, 0) is 4.74 Å². The average molecular weight is 177 g/mol. The van der Waals surface area contributed by atoms with Crippen LogP contribution in [-0.4, -0.2) is 6.61 Å². The third-order valence-corrected chi connectivity index (χ3v) is 2.61. The number of aryl methyl sites for hydroxylation is 1. The molecule has 1 aliphatic rings. The van der Waals surface area contributed by atoms with Crippen LogP contribution in [0.2, 0.25) is 0 Å². The van der Waals surface area contributed by atoms with Crippen LogP contribution < -0.4 is 5.73 Å². The summed E-state index contributed by atoms with van der Waals surface area (Å²) in [5.74, 6) is 0. The molecule has 1 aliphatic heterocycles. The van der Waals surface area contributed by atoms with Crippen molar-refractivity contribution in [1.82, 2.24) is 0 Å². The Labute approximate surface area is 78.7 Å². The van der Waals surface area contributed by atoms with Crippen molar-refractivity contribution in [2.45, 2.75) is 26.0 Å². The van der Waals surface area contributed by atoms with E-state index < -0.39 is 0 Å². The van der Waals surface area contributed by atoms with E-state index in [9.17, 15) is 0 Å². The molecule has 2 heteroatoms. The fourth-order valence-electron chi connectivity index (χ4n) is 1.81. The second-order valence-corrected chi connectivity index (χ2v) is 3.71. The van der Waals surface area contributed by atoms with Gasteiger partial charge in [-0.05, 0) is 25.0 Å². The van der Waals surface area contributed by atoms with Crippen LogP contribution in [0.5, 0.6) is 0 Å². The van der Waals surface area contributed by atoms with Gasteiger partial charge in [0.15, 0.2) is 0 Å². The summed E-state index contributed by atoms with van der Waals surface area (Å²) in [6, 6.07) is 6.44. The van der Waals surface area contributed by atoms with Crippen LogP contribution in [0.15, 0.2) is 18.2 Å². The van der Waals surface area contributed by atoms with Crippen molar-refractivity contribution in [3.05, 3.63) is 34.9 Å². The van der Waals surface area contributed by atoms with E-state index in [-0.39, 0.29) is 12.1 Å². The van der Waals surface area contributed by atoms with E-state index in [1.807, 2.05) is 0 Å². The molecule has 70 valence electrons. The minimum absolute atomic E-state index is 0.0473. The van der Waals surface area contributed by atoms with Crippen LogP contribution in [0, 0.1) is 6.92 Å².